The van der Waals surface area contributed by atoms with Gasteiger partial charge in [0.15, 0.2) is 5.65 Å². The van der Waals surface area contributed by atoms with Gasteiger partial charge in [-0.15, -0.1) is 0 Å². The van der Waals surface area contributed by atoms with Crippen LogP contribution in [-0.4, -0.2) is 47.2 Å². The van der Waals surface area contributed by atoms with Gasteiger partial charge in [0.05, 0.1) is 36.6 Å². The summed E-state index contributed by atoms with van der Waals surface area (Å²) in [6.07, 6.45) is -2.72. The highest BCUT2D eigenvalue weighted by Gasteiger charge is 2.29. The maximum atomic E-state index is 12.3. The first kappa shape index (κ1) is 23.3. The Bertz CT molecular complexity index is 1390. The molecule has 0 aliphatic rings. The van der Waals surface area contributed by atoms with Crippen molar-refractivity contribution in [3.05, 3.63) is 60.9 Å². The molecule has 2 aromatic carbocycles. The number of aromatic nitrogens is 4. The summed E-state index contributed by atoms with van der Waals surface area (Å²) in [6, 6.07) is 13.3. The second kappa shape index (κ2) is 9.17. The lowest BCUT2D eigenvalue weighted by molar-refractivity contribution is -0.129. The highest BCUT2D eigenvalue weighted by molar-refractivity contribution is 7.92. The fraction of sp³-hybridized carbons (Fsp3) is 0.190. The molecule has 0 atom stereocenters. The van der Waals surface area contributed by atoms with Gasteiger partial charge in [0, 0.05) is 17.6 Å². The lowest BCUT2D eigenvalue weighted by Crippen LogP contribution is -2.21. The number of sulfonamides is 1. The standard InChI is InChI=1S/C21H19F3N6O3S/c1-33-18-8-6-17(7-9-18)30-19-14(13-26-30)12-25-20(28-19)27-15-2-4-16(5-3-15)29-34(31,32)11-10-21(22,23)24/h2-9,12-13,29H,10-11H2,1H3,(H,25,27,28). The Morgan fingerprint density at radius 2 is 1.68 bits per heavy atom. The number of methoxy groups -OCH3 is 1. The minimum absolute atomic E-state index is 0.140. The lowest BCUT2D eigenvalue weighted by Gasteiger charge is -2.11. The summed E-state index contributed by atoms with van der Waals surface area (Å²) in [5.41, 5.74) is 2.04. The fourth-order valence-electron chi connectivity index (χ4n) is 3.02. The van der Waals surface area contributed by atoms with Crippen LogP contribution in [-0.2, 0) is 10.0 Å². The van der Waals surface area contributed by atoms with Crippen LogP contribution in [0.15, 0.2) is 60.9 Å². The molecular weight excluding hydrogens is 473 g/mol. The molecular formula is C21H19F3N6O3S. The molecule has 4 rings (SSSR count). The van der Waals surface area contributed by atoms with Crippen LogP contribution in [0.2, 0.25) is 0 Å². The molecule has 0 radical (unpaired) electrons. The Kier molecular flexibility index (Phi) is 6.28. The number of alkyl halides is 3. The van der Waals surface area contributed by atoms with E-state index in [1.807, 2.05) is 24.3 Å². The number of halogens is 3. The first-order chi connectivity index (χ1) is 16.1. The van der Waals surface area contributed by atoms with Gasteiger partial charge >= 0.3 is 6.18 Å². The normalized spacial score (nSPS) is 12.0. The van der Waals surface area contributed by atoms with Gasteiger partial charge < -0.3 is 10.1 Å². The predicted octanol–water partition coefficient (Wildman–Crippen LogP) is 4.26. The first-order valence-electron chi connectivity index (χ1n) is 9.91. The van der Waals surface area contributed by atoms with Gasteiger partial charge in [-0.25, -0.2) is 18.1 Å². The van der Waals surface area contributed by atoms with Gasteiger partial charge in [0.2, 0.25) is 16.0 Å². The fourth-order valence-corrected chi connectivity index (χ4v) is 4.12. The Morgan fingerprint density at radius 3 is 2.32 bits per heavy atom. The van der Waals surface area contributed by atoms with E-state index in [1.165, 1.54) is 12.1 Å². The van der Waals surface area contributed by atoms with E-state index < -0.39 is 28.4 Å². The van der Waals surface area contributed by atoms with Crippen molar-refractivity contribution in [2.45, 2.75) is 12.6 Å². The molecule has 13 heteroatoms. The molecule has 2 N–H and O–H groups in total. The van der Waals surface area contributed by atoms with Crippen LogP contribution >= 0.6 is 0 Å². The van der Waals surface area contributed by atoms with Crippen molar-refractivity contribution in [1.82, 2.24) is 19.7 Å². The predicted molar refractivity (Wildman–Crippen MR) is 121 cm³/mol. The van der Waals surface area contributed by atoms with Gasteiger partial charge in [-0.3, -0.25) is 4.72 Å². The van der Waals surface area contributed by atoms with E-state index in [2.05, 4.69) is 25.1 Å². The van der Waals surface area contributed by atoms with Crippen molar-refractivity contribution in [1.29, 1.82) is 0 Å². The van der Waals surface area contributed by atoms with Crippen molar-refractivity contribution < 1.29 is 26.3 Å². The Morgan fingerprint density at radius 1 is 1.00 bits per heavy atom. The van der Waals surface area contributed by atoms with Crippen molar-refractivity contribution in [3.63, 3.8) is 0 Å². The zero-order valence-electron chi connectivity index (χ0n) is 17.7. The molecule has 0 unspecified atom stereocenters. The van der Waals surface area contributed by atoms with Crippen molar-refractivity contribution in [3.8, 4) is 11.4 Å². The van der Waals surface area contributed by atoms with Crippen LogP contribution in [0.5, 0.6) is 5.75 Å². The van der Waals surface area contributed by atoms with E-state index in [0.29, 0.717) is 17.1 Å². The number of ether oxygens (including phenoxy) is 1. The summed E-state index contributed by atoms with van der Waals surface area (Å²) >= 11 is 0. The summed E-state index contributed by atoms with van der Waals surface area (Å²) in [5, 5.41) is 8.09. The Hall–Kier alpha value is -3.87. The minimum Gasteiger partial charge on any atom is -0.497 e. The average Bonchev–Trinajstić information content (AvgIpc) is 3.22. The smallest absolute Gasteiger partial charge is 0.390 e. The SMILES string of the molecule is COc1ccc(-n2ncc3cnc(Nc4ccc(NS(=O)(=O)CCC(F)(F)F)cc4)nc32)cc1. The van der Waals surface area contributed by atoms with Gasteiger partial charge in [0.1, 0.15) is 5.75 Å². The molecule has 0 bridgehead atoms. The number of hydrogen-bond donors (Lipinski definition) is 2. The number of nitrogens with one attached hydrogen (secondary N) is 2. The largest absolute Gasteiger partial charge is 0.497 e. The number of hydrogen-bond acceptors (Lipinski definition) is 7. The maximum absolute atomic E-state index is 12.3. The maximum Gasteiger partial charge on any atom is 0.390 e. The Labute approximate surface area is 192 Å². The summed E-state index contributed by atoms with van der Waals surface area (Å²) in [7, 11) is -2.54. The van der Waals surface area contributed by atoms with E-state index in [0.717, 1.165) is 11.1 Å². The van der Waals surface area contributed by atoms with Crippen molar-refractivity contribution >= 4 is 38.4 Å². The Balaban J connectivity index is 1.48. The summed E-state index contributed by atoms with van der Waals surface area (Å²) in [4.78, 5) is 8.76. The zero-order chi connectivity index (χ0) is 24.3. The first-order valence-corrected chi connectivity index (χ1v) is 11.6. The lowest BCUT2D eigenvalue weighted by atomic mass is 10.3. The van der Waals surface area contributed by atoms with Gasteiger partial charge in [-0.05, 0) is 48.5 Å². The summed E-state index contributed by atoms with van der Waals surface area (Å²) in [5.74, 6) is -0.0590. The topological polar surface area (TPSA) is 111 Å². The van der Waals surface area contributed by atoms with Gasteiger partial charge in [-0.2, -0.15) is 23.3 Å². The second-order valence-corrected chi connectivity index (χ2v) is 9.06. The molecule has 0 saturated heterocycles. The highest BCUT2D eigenvalue weighted by Crippen LogP contribution is 2.23. The van der Waals surface area contributed by atoms with Crippen LogP contribution in [0, 0.1) is 0 Å². The van der Waals surface area contributed by atoms with Crippen LogP contribution < -0.4 is 14.8 Å². The highest BCUT2D eigenvalue weighted by atomic mass is 32.2. The molecule has 178 valence electrons. The summed E-state index contributed by atoms with van der Waals surface area (Å²) in [6.45, 7) is 0. The van der Waals surface area contributed by atoms with Crippen LogP contribution in [0.3, 0.4) is 0 Å². The van der Waals surface area contributed by atoms with Crippen LogP contribution in [0.1, 0.15) is 6.42 Å². The molecule has 0 aliphatic carbocycles. The molecule has 34 heavy (non-hydrogen) atoms. The molecule has 2 aromatic heterocycles. The van der Waals surface area contributed by atoms with Crippen molar-refractivity contribution in [2.24, 2.45) is 0 Å². The number of anilines is 3. The third-order valence-corrected chi connectivity index (χ3v) is 5.98. The third kappa shape index (κ3) is 5.73. The van der Waals surface area contributed by atoms with E-state index in [4.69, 9.17) is 4.74 Å². The monoisotopic (exact) mass is 492 g/mol. The molecule has 0 saturated carbocycles. The zero-order valence-corrected chi connectivity index (χ0v) is 18.6. The van der Waals surface area contributed by atoms with Crippen LogP contribution in [0.25, 0.3) is 16.7 Å². The number of nitrogens with zero attached hydrogens (tertiary/aromatic N) is 4. The number of benzene rings is 2. The van der Waals surface area contributed by atoms with E-state index in [-0.39, 0.29) is 11.6 Å². The molecule has 0 spiro atoms. The molecule has 0 fully saturated rings. The molecule has 0 amide bonds. The van der Waals surface area contributed by atoms with Gasteiger partial charge in [0.25, 0.3) is 0 Å². The number of rotatable bonds is 8. The van der Waals surface area contributed by atoms with Gasteiger partial charge in [-0.1, -0.05) is 0 Å². The van der Waals surface area contributed by atoms with Crippen LogP contribution in [0.4, 0.5) is 30.5 Å². The summed E-state index contributed by atoms with van der Waals surface area (Å²) < 4.78 is 69.5. The molecule has 9 nitrogen and oxygen atoms in total. The molecule has 4 aromatic rings. The molecule has 2 heterocycles. The quantitative estimate of drug-likeness (QED) is 0.378. The average molecular weight is 492 g/mol. The molecule has 0 aliphatic heterocycles. The van der Waals surface area contributed by atoms with Crippen molar-refractivity contribution in [2.75, 3.05) is 22.9 Å². The van der Waals surface area contributed by atoms with E-state index >= 15 is 0 Å². The number of fused-ring (bicyclic) bond motifs is 1. The minimum atomic E-state index is -4.55. The van der Waals surface area contributed by atoms with E-state index in [1.54, 1.807) is 36.3 Å². The second-order valence-electron chi connectivity index (χ2n) is 7.22. The third-order valence-electron chi connectivity index (χ3n) is 4.69. The van der Waals surface area contributed by atoms with E-state index in [9.17, 15) is 21.6 Å².